The number of hydrogen-bond acceptors (Lipinski definition) is 7. The quantitative estimate of drug-likeness (QED) is 0.276. The molecule has 2 aromatic rings. The van der Waals surface area contributed by atoms with Crippen molar-refractivity contribution in [3.63, 3.8) is 0 Å². The van der Waals surface area contributed by atoms with E-state index >= 15 is 0 Å². The number of carbonyl (C=O) groups excluding carboxylic acids is 3. The van der Waals surface area contributed by atoms with Crippen LogP contribution in [0.2, 0.25) is 5.02 Å². The molecule has 0 atom stereocenters. The summed E-state index contributed by atoms with van der Waals surface area (Å²) in [6.45, 7) is -0.00226. The highest BCUT2D eigenvalue weighted by atomic mass is 35.5. The van der Waals surface area contributed by atoms with Crippen molar-refractivity contribution in [3.05, 3.63) is 79.7 Å². The number of benzene rings is 2. The first-order valence-corrected chi connectivity index (χ1v) is 10.7. The average Bonchev–Trinajstić information content (AvgIpc) is 3.04. The number of nitrogens with one attached hydrogen (secondary N) is 2. The van der Waals surface area contributed by atoms with Crippen LogP contribution < -0.4 is 10.9 Å². The Morgan fingerprint density at radius 3 is 2.56 bits per heavy atom. The number of para-hydroxylation sites is 1. The van der Waals surface area contributed by atoms with Gasteiger partial charge in [0, 0.05) is 24.1 Å². The molecule has 3 amide bonds. The number of thiocarbonyl (C=S) groups is 1. The van der Waals surface area contributed by atoms with Gasteiger partial charge in [-0.15, -0.1) is 0 Å². The molecule has 164 valence electrons. The van der Waals surface area contributed by atoms with E-state index in [1.54, 1.807) is 30.3 Å². The van der Waals surface area contributed by atoms with Crippen LogP contribution >= 0.6 is 35.6 Å². The van der Waals surface area contributed by atoms with E-state index in [1.165, 1.54) is 29.2 Å². The summed E-state index contributed by atoms with van der Waals surface area (Å²) in [6.07, 6.45) is 1.48. The predicted octanol–water partition coefficient (Wildman–Crippen LogP) is 3.30. The van der Waals surface area contributed by atoms with Crippen molar-refractivity contribution in [2.75, 3.05) is 6.54 Å². The zero-order chi connectivity index (χ0) is 23.3. The van der Waals surface area contributed by atoms with Gasteiger partial charge >= 0.3 is 0 Å². The van der Waals surface area contributed by atoms with Crippen LogP contribution in [-0.2, 0) is 9.59 Å². The SMILES string of the molecule is O=C(CCN1C(=O)/C(=C/c2ccccc2Cl)SC1=S)NNC(=O)c1ccccc1[N+](=O)[O-]. The second kappa shape index (κ2) is 10.4. The van der Waals surface area contributed by atoms with E-state index in [4.69, 9.17) is 23.8 Å². The summed E-state index contributed by atoms with van der Waals surface area (Å²) in [5.74, 6) is -1.78. The Bertz CT molecular complexity index is 1150. The van der Waals surface area contributed by atoms with Crippen LogP contribution in [0.15, 0.2) is 53.4 Å². The zero-order valence-electron chi connectivity index (χ0n) is 16.2. The first kappa shape index (κ1) is 23.4. The summed E-state index contributed by atoms with van der Waals surface area (Å²) in [4.78, 5) is 48.9. The van der Waals surface area contributed by atoms with Crippen molar-refractivity contribution in [2.45, 2.75) is 6.42 Å². The lowest BCUT2D eigenvalue weighted by molar-refractivity contribution is -0.385. The van der Waals surface area contributed by atoms with Gasteiger partial charge in [-0.25, -0.2) is 0 Å². The van der Waals surface area contributed by atoms with E-state index in [0.29, 0.717) is 19.8 Å². The molecule has 1 aliphatic heterocycles. The number of hydrazine groups is 1. The van der Waals surface area contributed by atoms with Crippen LogP contribution in [0.25, 0.3) is 6.08 Å². The minimum atomic E-state index is -0.834. The molecular weight excluding hydrogens is 476 g/mol. The minimum Gasteiger partial charge on any atom is -0.292 e. The van der Waals surface area contributed by atoms with Crippen molar-refractivity contribution in [1.82, 2.24) is 15.8 Å². The third kappa shape index (κ3) is 5.49. The minimum absolute atomic E-state index is 0.00226. The lowest BCUT2D eigenvalue weighted by Gasteiger charge is -2.14. The van der Waals surface area contributed by atoms with E-state index in [2.05, 4.69) is 10.9 Å². The second-order valence-electron chi connectivity index (χ2n) is 6.38. The molecule has 1 saturated heterocycles. The number of thioether (sulfide) groups is 1. The smallest absolute Gasteiger partial charge is 0.282 e. The fraction of sp³-hybridized carbons (Fsp3) is 0.100. The largest absolute Gasteiger partial charge is 0.292 e. The maximum Gasteiger partial charge on any atom is 0.282 e. The maximum atomic E-state index is 12.6. The molecule has 12 heteroatoms. The van der Waals surface area contributed by atoms with Crippen LogP contribution in [0.3, 0.4) is 0 Å². The molecule has 1 heterocycles. The maximum absolute atomic E-state index is 12.6. The lowest BCUT2D eigenvalue weighted by atomic mass is 10.2. The number of carbonyl (C=O) groups is 3. The Morgan fingerprint density at radius 1 is 1.16 bits per heavy atom. The molecule has 1 aliphatic rings. The van der Waals surface area contributed by atoms with Crippen LogP contribution in [-0.4, -0.2) is 38.4 Å². The number of halogens is 1. The molecule has 1 fully saturated rings. The van der Waals surface area contributed by atoms with Crippen molar-refractivity contribution in [3.8, 4) is 0 Å². The Kier molecular flexibility index (Phi) is 7.57. The highest BCUT2D eigenvalue weighted by Crippen LogP contribution is 2.33. The van der Waals surface area contributed by atoms with Gasteiger partial charge in [0.1, 0.15) is 9.88 Å². The first-order valence-electron chi connectivity index (χ1n) is 9.10. The summed E-state index contributed by atoms with van der Waals surface area (Å²) in [5.41, 5.74) is 4.40. The Morgan fingerprint density at radius 2 is 1.84 bits per heavy atom. The van der Waals surface area contributed by atoms with E-state index < -0.39 is 16.7 Å². The normalized spacial score (nSPS) is 14.5. The summed E-state index contributed by atoms with van der Waals surface area (Å²) in [6, 6.07) is 12.4. The molecule has 0 bridgehead atoms. The van der Waals surface area contributed by atoms with E-state index in [0.717, 1.165) is 11.8 Å². The highest BCUT2D eigenvalue weighted by Gasteiger charge is 2.32. The van der Waals surface area contributed by atoms with Gasteiger partial charge in [-0.1, -0.05) is 65.9 Å². The van der Waals surface area contributed by atoms with Crippen LogP contribution in [0.5, 0.6) is 0 Å². The molecule has 0 aliphatic carbocycles. The molecule has 2 N–H and O–H groups in total. The van der Waals surface area contributed by atoms with Gasteiger partial charge in [0.2, 0.25) is 5.91 Å². The number of rotatable bonds is 6. The van der Waals surface area contributed by atoms with Crippen molar-refractivity contribution >= 4 is 69.4 Å². The molecule has 0 aromatic heterocycles. The average molecular weight is 491 g/mol. The number of amides is 3. The van der Waals surface area contributed by atoms with Gasteiger partial charge in [-0.3, -0.25) is 40.2 Å². The van der Waals surface area contributed by atoms with Crippen molar-refractivity contribution in [2.24, 2.45) is 0 Å². The molecular formula is C20H15ClN4O5S2. The number of nitro benzene ring substituents is 1. The summed E-state index contributed by atoms with van der Waals surface area (Å²) >= 11 is 12.5. The summed E-state index contributed by atoms with van der Waals surface area (Å²) in [5, 5.41) is 11.5. The van der Waals surface area contributed by atoms with Gasteiger partial charge in [-0.05, 0) is 23.8 Å². The van der Waals surface area contributed by atoms with E-state index in [9.17, 15) is 24.5 Å². The number of nitrogens with zero attached hydrogens (tertiary/aromatic N) is 2. The Labute approximate surface area is 196 Å². The lowest BCUT2D eigenvalue weighted by Crippen LogP contribution is -2.43. The molecule has 3 rings (SSSR count). The molecule has 32 heavy (non-hydrogen) atoms. The fourth-order valence-corrected chi connectivity index (χ4v) is 4.21. The third-order valence-electron chi connectivity index (χ3n) is 4.29. The molecule has 0 spiro atoms. The molecule has 9 nitrogen and oxygen atoms in total. The van der Waals surface area contributed by atoms with Gasteiger partial charge in [0.15, 0.2) is 0 Å². The van der Waals surface area contributed by atoms with Crippen LogP contribution in [0.1, 0.15) is 22.3 Å². The van der Waals surface area contributed by atoms with E-state index in [-0.39, 0.29) is 30.1 Å². The Balaban J connectivity index is 1.55. The standard InChI is InChI=1S/C20H15ClN4O5S2/c21-14-7-3-1-5-12(14)11-16-19(28)24(20(31)32-16)10-9-17(26)22-23-18(27)13-6-2-4-8-15(13)25(29)30/h1-8,11H,9-10H2,(H,22,26)(H,23,27)/b16-11-. The number of hydrogen-bond donors (Lipinski definition) is 2. The number of nitro groups is 1. The highest BCUT2D eigenvalue weighted by molar-refractivity contribution is 8.26. The zero-order valence-corrected chi connectivity index (χ0v) is 18.6. The van der Waals surface area contributed by atoms with Crippen LogP contribution in [0, 0.1) is 10.1 Å². The van der Waals surface area contributed by atoms with Gasteiger partial charge in [0.25, 0.3) is 17.5 Å². The van der Waals surface area contributed by atoms with E-state index in [1.807, 2.05) is 0 Å². The van der Waals surface area contributed by atoms with Crippen molar-refractivity contribution < 1.29 is 19.3 Å². The predicted molar refractivity (Wildman–Crippen MR) is 125 cm³/mol. The van der Waals surface area contributed by atoms with Gasteiger partial charge in [0.05, 0.1) is 9.83 Å². The molecule has 0 saturated carbocycles. The summed E-state index contributed by atoms with van der Waals surface area (Å²) in [7, 11) is 0. The summed E-state index contributed by atoms with van der Waals surface area (Å²) < 4.78 is 0.296. The first-order chi connectivity index (χ1) is 15.3. The Hall–Kier alpha value is -3.28. The molecule has 0 unspecified atom stereocenters. The van der Waals surface area contributed by atoms with Gasteiger partial charge in [-0.2, -0.15) is 0 Å². The monoisotopic (exact) mass is 490 g/mol. The fourth-order valence-electron chi connectivity index (χ4n) is 2.72. The third-order valence-corrected chi connectivity index (χ3v) is 6.01. The topological polar surface area (TPSA) is 122 Å². The molecule has 2 aromatic carbocycles. The second-order valence-corrected chi connectivity index (χ2v) is 8.46. The van der Waals surface area contributed by atoms with Crippen molar-refractivity contribution in [1.29, 1.82) is 0 Å². The van der Waals surface area contributed by atoms with Gasteiger partial charge < -0.3 is 0 Å². The van der Waals surface area contributed by atoms with Crippen LogP contribution in [0.4, 0.5) is 5.69 Å². The molecule has 0 radical (unpaired) electrons.